The Morgan fingerprint density at radius 3 is 1.33 bits per heavy atom. The number of rotatable bonds is 1. The molecular weight excluding hydrogens is 108 g/mol. The molecule has 56 valence electrons. The van der Waals surface area contributed by atoms with Crippen molar-refractivity contribution in [3.63, 3.8) is 0 Å². The molecule has 0 amide bonds. The number of allylic oxidation sites excluding steroid dienone is 2. The molecule has 0 aromatic carbocycles. The van der Waals surface area contributed by atoms with E-state index in [1.807, 2.05) is 6.92 Å². The van der Waals surface area contributed by atoms with E-state index in [1.54, 1.807) is 0 Å². The summed E-state index contributed by atoms with van der Waals surface area (Å²) in [4.78, 5) is 0. The third-order valence-electron chi connectivity index (χ3n) is 1.08. The fourth-order valence-corrected chi connectivity index (χ4v) is 0. The maximum absolute atomic E-state index is 2.18. The molecule has 9 heavy (non-hydrogen) atoms. The lowest BCUT2D eigenvalue weighted by Gasteiger charge is -1.74. The SMILES string of the molecule is CC=C(C)C.CCCC. The van der Waals surface area contributed by atoms with Crippen LogP contribution in [0.4, 0.5) is 0 Å². The summed E-state index contributed by atoms with van der Waals surface area (Å²) in [5, 5.41) is 0. The van der Waals surface area contributed by atoms with E-state index in [4.69, 9.17) is 0 Å². The highest BCUT2D eigenvalue weighted by molar-refractivity contribution is 4.88. The standard InChI is InChI=1S/C5H10.C4H10/c1-4-5(2)3;1-3-4-2/h4H,1-3H3;3-4H2,1-2H3. The predicted octanol–water partition coefficient (Wildman–Crippen LogP) is 3.78. The molecule has 0 saturated carbocycles. The van der Waals surface area contributed by atoms with Crippen molar-refractivity contribution in [2.24, 2.45) is 0 Å². The summed E-state index contributed by atoms with van der Waals surface area (Å²) in [6, 6.07) is 0. The summed E-state index contributed by atoms with van der Waals surface area (Å²) in [6.45, 7) is 10.6. The van der Waals surface area contributed by atoms with Crippen LogP contribution in [-0.4, -0.2) is 0 Å². The summed E-state index contributed by atoms with van der Waals surface area (Å²) in [6.07, 6.45) is 4.72. The van der Waals surface area contributed by atoms with E-state index in [-0.39, 0.29) is 0 Å². The van der Waals surface area contributed by atoms with Gasteiger partial charge in [-0.25, -0.2) is 0 Å². The van der Waals surface area contributed by atoms with Gasteiger partial charge in [0.15, 0.2) is 0 Å². The summed E-state index contributed by atoms with van der Waals surface area (Å²) < 4.78 is 0. The first kappa shape index (κ1) is 11.5. The van der Waals surface area contributed by atoms with E-state index < -0.39 is 0 Å². The zero-order chi connectivity index (χ0) is 7.70. The van der Waals surface area contributed by atoms with Gasteiger partial charge in [0.1, 0.15) is 0 Å². The van der Waals surface area contributed by atoms with Crippen LogP contribution in [0.5, 0.6) is 0 Å². The van der Waals surface area contributed by atoms with Gasteiger partial charge in [0.25, 0.3) is 0 Å². The molecule has 0 heterocycles. The lowest BCUT2D eigenvalue weighted by molar-refractivity contribution is 0.886. The third-order valence-corrected chi connectivity index (χ3v) is 1.08. The van der Waals surface area contributed by atoms with Crippen LogP contribution < -0.4 is 0 Å². The molecular formula is C9H20. The van der Waals surface area contributed by atoms with E-state index >= 15 is 0 Å². The van der Waals surface area contributed by atoms with Gasteiger partial charge in [-0.3, -0.25) is 0 Å². The lowest BCUT2D eigenvalue weighted by atomic mass is 10.3. The van der Waals surface area contributed by atoms with Gasteiger partial charge in [0.2, 0.25) is 0 Å². The monoisotopic (exact) mass is 128 g/mol. The van der Waals surface area contributed by atoms with Gasteiger partial charge >= 0.3 is 0 Å². The highest BCUT2D eigenvalue weighted by atomic mass is 13.7. The molecule has 0 aliphatic carbocycles. The summed E-state index contributed by atoms with van der Waals surface area (Å²) in [5.74, 6) is 0. The van der Waals surface area contributed by atoms with Crippen molar-refractivity contribution < 1.29 is 0 Å². The lowest BCUT2D eigenvalue weighted by Crippen LogP contribution is -1.52. The minimum Gasteiger partial charge on any atom is -0.0890 e. The van der Waals surface area contributed by atoms with Crippen LogP contribution in [0.1, 0.15) is 47.5 Å². The molecule has 0 fully saturated rings. The molecule has 0 aliphatic rings. The van der Waals surface area contributed by atoms with Gasteiger partial charge in [-0.2, -0.15) is 0 Å². The van der Waals surface area contributed by atoms with E-state index in [0.29, 0.717) is 0 Å². The van der Waals surface area contributed by atoms with Gasteiger partial charge in [0, 0.05) is 0 Å². The van der Waals surface area contributed by atoms with E-state index in [1.165, 1.54) is 18.4 Å². The Labute approximate surface area is 60.0 Å². The molecule has 0 N–H and O–H groups in total. The minimum absolute atomic E-state index is 1.32. The van der Waals surface area contributed by atoms with Crippen LogP contribution >= 0.6 is 0 Å². The van der Waals surface area contributed by atoms with Crippen molar-refractivity contribution in [3.8, 4) is 0 Å². The van der Waals surface area contributed by atoms with Gasteiger partial charge in [-0.05, 0) is 20.8 Å². The average molecular weight is 128 g/mol. The molecule has 0 nitrogen and oxygen atoms in total. The molecule has 0 unspecified atom stereocenters. The van der Waals surface area contributed by atoms with Crippen LogP contribution in [-0.2, 0) is 0 Å². The molecule has 0 bridgehead atoms. The van der Waals surface area contributed by atoms with Crippen molar-refractivity contribution in [1.82, 2.24) is 0 Å². The zero-order valence-electron chi connectivity index (χ0n) is 7.49. The highest BCUT2D eigenvalue weighted by Crippen LogP contribution is 1.82. The molecule has 0 heteroatoms. The molecule has 0 rings (SSSR count). The normalized spacial score (nSPS) is 7.22. The van der Waals surface area contributed by atoms with Gasteiger partial charge in [0.05, 0.1) is 0 Å². The number of unbranched alkanes of at least 4 members (excludes halogenated alkanes) is 1. The summed E-state index contributed by atoms with van der Waals surface area (Å²) >= 11 is 0. The van der Waals surface area contributed by atoms with E-state index in [9.17, 15) is 0 Å². The molecule has 0 aromatic heterocycles. The molecule has 0 saturated heterocycles. The Balaban J connectivity index is 0. The van der Waals surface area contributed by atoms with Crippen molar-refractivity contribution in [3.05, 3.63) is 11.6 Å². The van der Waals surface area contributed by atoms with Gasteiger partial charge in [-0.15, -0.1) is 0 Å². The second-order valence-electron chi connectivity index (χ2n) is 2.37. The van der Waals surface area contributed by atoms with Crippen molar-refractivity contribution in [2.75, 3.05) is 0 Å². The smallest absolute Gasteiger partial charge is 0.0442 e. The van der Waals surface area contributed by atoms with Crippen molar-refractivity contribution in [2.45, 2.75) is 47.5 Å². The molecule has 0 aliphatic heterocycles. The fraction of sp³-hybridized carbons (Fsp3) is 0.778. The minimum atomic E-state index is 1.32. The average Bonchev–Trinajstić information content (AvgIpc) is 1.89. The Morgan fingerprint density at radius 1 is 1.11 bits per heavy atom. The zero-order valence-corrected chi connectivity index (χ0v) is 7.49. The maximum atomic E-state index is 2.18. The summed E-state index contributed by atoms with van der Waals surface area (Å²) in [7, 11) is 0. The topological polar surface area (TPSA) is 0 Å². The Kier molecular flexibility index (Phi) is 13.7. The molecule has 0 spiro atoms. The number of hydrogen-bond donors (Lipinski definition) is 0. The van der Waals surface area contributed by atoms with Gasteiger partial charge in [-0.1, -0.05) is 38.3 Å². The number of hydrogen-bond acceptors (Lipinski definition) is 0. The van der Waals surface area contributed by atoms with E-state index in [2.05, 4.69) is 33.8 Å². The van der Waals surface area contributed by atoms with Crippen LogP contribution in [0.25, 0.3) is 0 Å². The van der Waals surface area contributed by atoms with E-state index in [0.717, 1.165) is 0 Å². The van der Waals surface area contributed by atoms with Crippen molar-refractivity contribution in [1.29, 1.82) is 0 Å². The first-order chi connectivity index (χ1) is 4.18. The molecule has 0 aromatic rings. The Morgan fingerprint density at radius 2 is 1.33 bits per heavy atom. The third kappa shape index (κ3) is 34.0. The van der Waals surface area contributed by atoms with Crippen LogP contribution in [0.3, 0.4) is 0 Å². The maximum Gasteiger partial charge on any atom is -0.0442 e. The predicted molar refractivity (Wildman–Crippen MR) is 45.7 cm³/mol. The summed E-state index contributed by atoms with van der Waals surface area (Å²) in [5.41, 5.74) is 1.38. The van der Waals surface area contributed by atoms with Crippen LogP contribution in [0, 0.1) is 0 Å². The second kappa shape index (κ2) is 10.7. The molecule has 0 atom stereocenters. The van der Waals surface area contributed by atoms with Crippen LogP contribution in [0.15, 0.2) is 11.6 Å². The highest BCUT2D eigenvalue weighted by Gasteiger charge is 1.60. The van der Waals surface area contributed by atoms with Crippen molar-refractivity contribution >= 4 is 0 Å². The van der Waals surface area contributed by atoms with Crippen LogP contribution in [0.2, 0.25) is 0 Å². The largest absolute Gasteiger partial charge is 0.0890 e. The quantitative estimate of drug-likeness (QED) is 0.471. The fourth-order valence-electron chi connectivity index (χ4n) is 0. The second-order valence-corrected chi connectivity index (χ2v) is 2.37. The molecule has 0 radical (unpaired) electrons. The first-order valence-corrected chi connectivity index (χ1v) is 3.78. The first-order valence-electron chi connectivity index (χ1n) is 3.78. The van der Waals surface area contributed by atoms with Gasteiger partial charge < -0.3 is 0 Å². The Hall–Kier alpha value is -0.260. The Bertz CT molecular complexity index is 54.4.